The maximum absolute atomic E-state index is 12.8. The molecule has 68 valence electrons. The van der Waals surface area contributed by atoms with Gasteiger partial charge in [0.05, 0.1) is 4.47 Å². The standard InChI is InChI=1S/C10H8BrFO/c11-9-5-6(1-2-10(9)12)7-3-8(13)4-7/h1-2,5,7H,3-4H2. The van der Waals surface area contributed by atoms with Crippen LogP contribution in [0.5, 0.6) is 0 Å². The number of benzene rings is 1. The van der Waals surface area contributed by atoms with E-state index in [9.17, 15) is 9.18 Å². The molecule has 1 fully saturated rings. The van der Waals surface area contributed by atoms with Crippen LogP contribution < -0.4 is 0 Å². The Bertz CT molecular complexity index is 354. The van der Waals surface area contributed by atoms with Crippen LogP contribution in [0, 0.1) is 5.82 Å². The van der Waals surface area contributed by atoms with E-state index in [1.807, 2.05) is 0 Å². The molecule has 1 aromatic carbocycles. The normalized spacial score (nSPS) is 17.2. The summed E-state index contributed by atoms with van der Waals surface area (Å²) in [6, 6.07) is 4.94. The summed E-state index contributed by atoms with van der Waals surface area (Å²) in [5.74, 6) is 0.351. The van der Waals surface area contributed by atoms with Gasteiger partial charge in [0.1, 0.15) is 11.6 Å². The topological polar surface area (TPSA) is 17.1 Å². The number of rotatable bonds is 1. The summed E-state index contributed by atoms with van der Waals surface area (Å²) >= 11 is 3.12. The van der Waals surface area contributed by atoms with Crippen molar-refractivity contribution in [2.45, 2.75) is 18.8 Å². The van der Waals surface area contributed by atoms with Gasteiger partial charge in [-0.3, -0.25) is 4.79 Å². The zero-order valence-corrected chi connectivity index (χ0v) is 8.47. The quantitative estimate of drug-likeness (QED) is 0.740. The highest BCUT2D eigenvalue weighted by molar-refractivity contribution is 9.10. The smallest absolute Gasteiger partial charge is 0.137 e. The molecule has 0 N–H and O–H groups in total. The molecule has 1 nitrogen and oxygen atoms in total. The molecule has 0 aromatic heterocycles. The summed E-state index contributed by atoms with van der Waals surface area (Å²) in [5, 5.41) is 0. The van der Waals surface area contributed by atoms with E-state index in [2.05, 4.69) is 15.9 Å². The van der Waals surface area contributed by atoms with Crippen molar-refractivity contribution in [2.75, 3.05) is 0 Å². The van der Waals surface area contributed by atoms with Crippen LogP contribution in [0.3, 0.4) is 0 Å². The first-order valence-corrected chi connectivity index (χ1v) is 4.93. The lowest BCUT2D eigenvalue weighted by Gasteiger charge is -2.24. The zero-order chi connectivity index (χ0) is 9.42. The second-order valence-electron chi connectivity index (χ2n) is 3.32. The van der Waals surface area contributed by atoms with Gasteiger partial charge in [0.2, 0.25) is 0 Å². The first-order valence-electron chi connectivity index (χ1n) is 4.13. The van der Waals surface area contributed by atoms with E-state index in [1.54, 1.807) is 12.1 Å². The van der Waals surface area contributed by atoms with Gasteiger partial charge in [0, 0.05) is 12.8 Å². The number of ketones is 1. The molecule has 0 amide bonds. The fraction of sp³-hybridized carbons (Fsp3) is 0.300. The van der Waals surface area contributed by atoms with Crippen molar-refractivity contribution in [1.82, 2.24) is 0 Å². The zero-order valence-electron chi connectivity index (χ0n) is 6.89. The monoisotopic (exact) mass is 242 g/mol. The maximum Gasteiger partial charge on any atom is 0.137 e. The lowest BCUT2D eigenvalue weighted by molar-refractivity contribution is -0.124. The predicted molar refractivity (Wildman–Crippen MR) is 51.1 cm³/mol. The highest BCUT2D eigenvalue weighted by Crippen LogP contribution is 2.35. The van der Waals surface area contributed by atoms with E-state index in [0.29, 0.717) is 29.0 Å². The summed E-state index contributed by atoms with van der Waals surface area (Å²) in [6.07, 6.45) is 1.22. The fourth-order valence-corrected chi connectivity index (χ4v) is 1.89. The van der Waals surface area contributed by atoms with Crippen LogP contribution in [-0.2, 0) is 4.79 Å². The van der Waals surface area contributed by atoms with Gasteiger partial charge in [-0.05, 0) is 39.5 Å². The SMILES string of the molecule is O=C1CC(c2ccc(F)c(Br)c2)C1. The van der Waals surface area contributed by atoms with E-state index in [1.165, 1.54) is 6.07 Å². The Morgan fingerprint density at radius 2 is 2.08 bits per heavy atom. The van der Waals surface area contributed by atoms with E-state index in [0.717, 1.165) is 5.56 Å². The molecule has 0 radical (unpaired) electrons. The molecular weight excluding hydrogens is 235 g/mol. The van der Waals surface area contributed by atoms with Gasteiger partial charge in [-0.25, -0.2) is 4.39 Å². The minimum absolute atomic E-state index is 0.255. The van der Waals surface area contributed by atoms with Crippen LogP contribution in [0.4, 0.5) is 4.39 Å². The fourth-order valence-electron chi connectivity index (χ4n) is 1.49. The summed E-state index contributed by atoms with van der Waals surface area (Å²) in [4.78, 5) is 10.7. The molecular formula is C10H8BrFO. The Morgan fingerprint density at radius 3 is 2.62 bits per heavy atom. The third-order valence-corrected chi connectivity index (χ3v) is 2.97. The van der Waals surface area contributed by atoms with Gasteiger partial charge in [-0.1, -0.05) is 6.07 Å². The third-order valence-electron chi connectivity index (χ3n) is 2.36. The van der Waals surface area contributed by atoms with Crippen LogP contribution in [0.1, 0.15) is 24.3 Å². The summed E-state index contributed by atoms with van der Waals surface area (Å²) in [7, 11) is 0. The molecule has 0 unspecified atom stereocenters. The van der Waals surface area contributed by atoms with Crippen molar-refractivity contribution < 1.29 is 9.18 Å². The van der Waals surface area contributed by atoms with Gasteiger partial charge in [0.15, 0.2) is 0 Å². The average Bonchev–Trinajstić information content (AvgIpc) is 2.05. The molecule has 2 rings (SSSR count). The van der Waals surface area contributed by atoms with Gasteiger partial charge in [-0.2, -0.15) is 0 Å². The van der Waals surface area contributed by atoms with Crippen LogP contribution in [-0.4, -0.2) is 5.78 Å². The highest BCUT2D eigenvalue weighted by atomic mass is 79.9. The van der Waals surface area contributed by atoms with Crippen LogP contribution >= 0.6 is 15.9 Å². The first-order chi connectivity index (χ1) is 6.16. The number of carbonyl (C=O) groups excluding carboxylic acids is 1. The van der Waals surface area contributed by atoms with Crippen molar-refractivity contribution in [1.29, 1.82) is 0 Å². The minimum atomic E-state index is -0.255. The Labute approximate surface area is 84.1 Å². The third kappa shape index (κ3) is 1.66. The molecule has 1 saturated carbocycles. The van der Waals surface area contributed by atoms with Gasteiger partial charge in [0.25, 0.3) is 0 Å². The number of hydrogen-bond donors (Lipinski definition) is 0. The van der Waals surface area contributed by atoms with Crippen LogP contribution in [0.2, 0.25) is 0 Å². The van der Waals surface area contributed by atoms with E-state index >= 15 is 0 Å². The van der Waals surface area contributed by atoms with Crippen molar-refractivity contribution in [2.24, 2.45) is 0 Å². The molecule has 3 heteroatoms. The molecule has 0 spiro atoms. The Morgan fingerprint density at radius 1 is 1.38 bits per heavy atom. The molecule has 0 heterocycles. The van der Waals surface area contributed by atoms with Crippen molar-refractivity contribution in [3.8, 4) is 0 Å². The Hall–Kier alpha value is -0.700. The average molecular weight is 243 g/mol. The largest absolute Gasteiger partial charge is 0.300 e. The summed E-state index contributed by atoms with van der Waals surface area (Å²) in [6.45, 7) is 0. The summed E-state index contributed by atoms with van der Waals surface area (Å²) in [5.41, 5.74) is 1.05. The van der Waals surface area contributed by atoms with Crippen molar-refractivity contribution in [3.63, 3.8) is 0 Å². The Balaban J connectivity index is 2.22. The summed E-state index contributed by atoms with van der Waals surface area (Å²) < 4.78 is 13.3. The minimum Gasteiger partial charge on any atom is -0.300 e. The molecule has 0 saturated heterocycles. The van der Waals surface area contributed by atoms with Crippen LogP contribution in [0.15, 0.2) is 22.7 Å². The van der Waals surface area contributed by atoms with E-state index in [-0.39, 0.29) is 5.82 Å². The van der Waals surface area contributed by atoms with Gasteiger partial charge >= 0.3 is 0 Å². The van der Waals surface area contributed by atoms with Crippen LogP contribution in [0.25, 0.3) is 0 Å². The number of hydrogen-bond acceptors (Lipinski definition) is 1. The lowest BCUT2D eigenvalue weighted by Crippen LogP contribution is -2.21. The second kappa shape index (κ2) is 3.22. The second-order valence-corrected chi connectivity index (χ2v) is 4.17. The number of carbonyl (C=O) groups is 1. The first kappa shape index (κ1) is 8.88. The maximum atomic E-state index is 12.8. The molecule has 1 aliphatic carbocycles. The van der Waals surface area contributed by atoms with Crippen molar-refractivity contribution >= 4 is 21.7 Å². The van der Waals surface area contributed by atoms with Crippen molar-refractivity contribution in [3.05, 3.63) is 34.1 Å². The predicted octanol–water partition coefficient (Wildman–Crippen LogP) is 3.03. The molecule has 1 aliphatic rings. The van der Waals surface area contributed by atoms with E-state index in [4.69, 9.17) is 0 Å². The Kier molecular flexibility index (Phi) is 2.20. The van der Waals surface area contributed by atoms with Gasteiger partial charge < -0.3 is 0 Å². The molecule has 1 aromatic rings. The molecule has 0 bridgehead atoms. The van der Waals surface area contributed by atoms with E-state index < -0.39 is 0 Å². The number of halogens is 2. The van der Waals surface area contributed by atoms with Gasteiger partial charge in [-0.15, -0.1) is 0 Å². The molecule has 0 atom stereocenters. The molecule has 0 aliphatic heterocycles. The number of Topliss-reactive ketones (excluding diaryl/α,β-unsaturated/α-hetero) is 1. The lowest BCUT2D eigenvalue weighted by atomic mass is 9.79. The highest BCUT2D eigenvalue weighted by Gasteiger charge is 2.27. The molecule has 13 heavy (non-hydrogen) atoms.